The number of hydrogen-bond acceptors (Lipinski definition) is 4. The van der Waals surface area contributed by atoms with Gasteiger partial charge >= 0.3 is 0 Å². The van der Waals surface area contributed by atoms with Gasteiger partial charge in [0, 0.05) is 24.8 Å². The summed E-state index contributed by atoms with van der Waals surface area (Å²) >= 11 is 0. The third-order valence-corrected chi connectivity index (χ3v) is 4.31. The number of para-hydroxylation sites is 1. The first kappa shape index (κ1) is 15.7. The van der Waals surface area contributed by atoms with E-state index in [1.165, 1.54) is 16.8 Å². The van der Waals surface area contributed by atoms with Gasteiger partial charge in [-0.25, -0.2) is 0 Å². The third kappa shape index (κ3) is 3.77. The van der Waals surface area contributed by atoms with Crippen molar-refractivity contribution >= 4 is 5.69 Å². The van der Waals surface area contributed by atoms with Gasteiger partial charge in [0.2, 0.25) is 0 Å². The molecule has 4 heteroatoms. The fourth-order valence-corrected chi connectivity index (χ4v) is 3.04. The zero-order chi connectivity index (χ0) is 16.1. The maximum absolute atomic E-state index is 5.35. The molecule has 122 valence electrons. The molecule has 0 fully saturated rings. The van der Waals surface area contributed by atoms with Gasteiger partial charge in [0.1, 0.15) is 0 Å². The van der Waals surface area contributed by atoms with Crippen molar-refractivity contribution in [3.63, 3.8) is 0 Å². The predicted molar refractivity (Wildman–Crippen MR) is 93.4 cm³/mol. The second-order valence-electron chi connectivity index (χ2n) is 5.86. The quantitative estimate of drug-likeness (QED) is 0.859. The molecule has 1 unspecified atom stereocenters. The first-order valence-corrected chi connectivity index (χ1v) is 8.06. The number of rotatable bonds is 6. The van der Waals surface area contributed by atoms with Crippen molar-refractivity contribution in [3.8, 4) is 11.5 Å². The normalized spacial score (nSPS) is 16.3. The molecule has 0 aromatic heterocycles. The molecule has 2 aromatic carbocycles. The van der Waals surface area contributed by atoms with Gasteiger partial charge in [-0.05, 0) is 42.2 Å². The Hall–Kier alpha value is -2.20. The number of hydrogen-bond donors (Lipinski definition) is 2. The number of anilines is 1. The monoisotopic (exact) mass is 312 g/mol. The van der Waals surface area contributed by atoms with E-state index >= 15 is 0 Å². The Morgan fingerprint density at radius 1 is 1.09 bits per heavy atom. The summed E-state index contributed by atoms with van der Waals surface area (Å²) in [7, 11) is 3.32. The predicted octanol–water partition coefficient (Wildman–Crippen LogP) is 3.22. The molecule has 0 aliphatic carbocycles. The van der Waals surface area contributed by atoms with Gasteiger partial charge in [0.25, 0.3) is 0 Å². The van der Waals surface area contributed by atoms with E-state index in [1.807, 2.05) is 12.1 Å². The number of ether oxygens (including phenoxy) is 2. The van der Waals surface area contributed by atoms with Crippen molar-refractivity contribution in [2.45, 2.75) is 25.4 Å². The van der Waals surface area contributed by atoms with Crippen molar-refractivity contribution in [1.29, 1.82) is 0 Å². The molecular formula is C19H24N2O2. The van der Waals surface area contributed by atoms with Crippen LogP contribution in [0.1, 0.15) is 17.5 Å². The minimum Gasteiger partial charge on any atom is -0.493 e. The summed E-state index contributed by atoms with van der Waals surface area (Å²) in [6.45, 7) is 1.77. The molecule has 1 atom stereocenters. The van der Waals surface area contributed by atoms with Crippen molar-refractivity contribution in [3.05, 3.63) is 53.6 Å². The van der Waals surface area contributed by atoms with E-state index in [0.29, 0.717) is 6.04 Å². The van der Waals surface area contributed by atoms with Crippen LogP contribution in [0, 0.1) is 0 Å². The number of benzene rings is 2. The minimum absolute atomic E-state index is 0.477. The molecule has 2 aromatic rings. The van der Waals surface area contributed by atoms with Crippen molar-refractivity contribution in [1.82, 2.24) is 5.32 Å². The Bertz CT molecular complexity index is 658. The lowest BCUT2D eigenvalue weighted by Crippen LogP contribution is -2.35. The van der Waals surface area contributed by atoms with Crippen LogP contribution in [0.3, 0.4) is 0 Å². The highest BCUT2D eigenvalue weighted by Gasteiger charge is 2.16. The highest BCUT2D eigenvalue weighted by Crippen LogP contribution is 2.27. The minimum atomic E-state index is 0.477. The largest absolute Gasteiger partial charge is 0.493 e. The summed E-state index contributed by atoms with van der Waals surface area (Å²) < 4.78 is 10.6. The van der Waals surface area contributed by atoms with Crippen LogP contribution < -0.4 is 20.1 Å². The maximum Gasteiger partial charge on any atom is 0.161 e. The van der Waals surface area contributed by atoms with Crippen LogP contribution in [0.4, 0.5) is 5.69 Å². The van der Waals surface area contributed by atoms with E-state index in [1.54, 1.807) is 14.2 Å². The molecule has 1 aliphatic heterocycles. The van der Waals surface area contributed by atoms with Crippen LogP contribution in [0.5, 0.6) is 11.5 Å². The van der Waals surface area contributed by atoms with Gasteiger partial charge in [-0.2, -0.15) is 0 Å². The summed E-state index contributed by atoms with van der Waals surface area (Å²) in [4.78, 5) is 0. The average Bonchev–Trinajstić information content (AvgIpc) is 2.61. The molecule has 1 aliphatic rings. The van der Waals surface area contributed by atoms with Gasteiger partial charge in [0.05, 0.1) is 14.2 Å². The van der Waals surface area contributed by atoms with E-state index in [0.717, 1.165) is 37.4 Å². The summed E-state index contributed by atoms with van der Waals surface area (Å²) in [5.74, 6) is 1.54. The van der Waals surface area contributed by atoms with Crippen molar-refractivity contribution in [2.75, 3.05) is 26.1 Å². The van der Waals surface area contributed by atoms with E-state index < -0.39 is 0 Å². The first-order valence-electron chi connectivity index (χ1n) is 8.06. The number of nitrogens with one attached hydrogen (secondary N) is 2. The average molecular weight is 312 g/mol. The molecule has 0 spiro atoms. The Kier molecular flexibility index (Phi) is 5.03. The molecule has 2 N–H and O–H groups in total. The van der Waals surface area contributed by atoms with Crippen LogP contribution in [-0.2, 0) is 13.0 Å². The maximum atomic E-state index is 5.35. The number of fused-ring (bicyclic) bond motifs is 1. The lowest BCUT2D eigenvalue weighted by atomic mass is 9.98. The third-order valence-electron chi connectivity index (χ3n) is 4.31. The molecule has 23 heavy (non-hydrogen) atoms. The van der Waals surface area contributed by atoms with Crippen LogP contribution >= 0.6 is 0 Å². The Morgan fingerprint density at radius 3 is 2.74 bits per heavy atom. The molecule has 4 nitrogen and oxygen atoms in total. The number of aryl methyl sites for hydroxylation is 1. The highest BCUT2D eigenvalue weighted by atomic mass is 16.5. The van der Waals surface area contributed by atoms with Crippen LogP contribution in [-0.4, -0.2) is 26.8 Å². The van der Waals surface area contributed by atoms with Crippen LogP contribution in [0.25, 0.3) is 0 Å². The Morgan fingerprint density at radius 2 is 1.91 bits per heavy atom. The standard InChI is InChI=1S/C19H24N2O2/c1-22-18-10-7-14(11-19(18)23-2)12-20-13-16-9-8-15-5-3-4-6-17(15)21-16/h3-7,10-11,16,20-21H,8-9,12-13H2,1-2H3. The summed E-state index contributed by atoms with van der Waals surface area (Å²) in [5.41, 5.74) is 3.89. The molecule has 3 rings (SSSR count). The molecule has 0 saturated heterocycles. The second-order valence-corrected chi connectivity index (χ2v) is 5.86. The SMILES string of the molecule is COc1ccc(CNCC2CCc3ccccc3N2)cc1OC. The fourth-order valence-electron chi connectivity index (χ4n) is 3.04. The molecule has 0 radical (unpaired) electrons. The van der Waals surface area contributed by atoms with Gasteiger partial charge in [-0.3, -0.25) is 0 Å². The van der Waals surface area contributed by atoms with Gasteiger partial charge < -0.3 is 20.1 Å². The summed E-state index contributed by atoms with van der Waals surface area (Å²) in [6, 6.07) is 15.1. The van der Waals surface area contributed by atoms with Gasteiger partial charge in [0.15, 0.2) is 11.5 Å². The lowest BCUT2D eigenvalue weighted by Gasteiger charge is -2.27. The highest BCUT2D eigenvalue weighted by molar-refractivity contribution is 5.53. The summed E-state index contributed by atoms with van der Waals surface area (Å²) in [5, 5.41) is 7.15. The van der Waals surface area contributed by atoms with E-state index in [4.69, 9.17) is 9.47 Å². The van der Waals surface area contributed by atoms with Crippen molar-refractivity contribution < 1.29 is 9.47 Å². The smallest absolute Gasteiger partial charge is 0.161 e. The van der Waals surface area contributed by atoms with Crippen LogP contribution in [0.2, 0.25) is 0 Å². The van der Waals surface area contributed by atoms with Gasteiger partial charge in [-0.15, -0.1) is 0 Å². The first-order chi connectivity index (χ1) is 11.3. The zero-order valence-corrected chi connectivity index (χ0v) is 13.8. The number of methoxy groups -OCH3 is 2. The van der Waals surface area contributed by atoms with E-state index in [9.17, 15) is 0 Å². The fraction of sp³-hybridized carbons (Fsp3) is 0.368. The lowest BCUT2D eigenvalue weighted by molar-refractivity contribution is 0.354. The topological polar surface area (TPSA) is 42.5 Å². The molecule has 0 bridgehead atoms. The Labute approximate surface area is 137 Å². The van der Waals surface area contributed by atoms with Crippen molar-refractivity contribution in [2.24, 2.45) is 0 Å². The molecular weight excluding hydrogens is 288 g/mol. The zero-order valence-electron chi connectivity index (χ0n) is 13.8. The molecule has 0 amide bonds. The summed E-state index contributed by atoms with van der Waals surface area (Å²) in [6.07, 6.45) is 2.31. The molecule has 0 saturated carbocycles. The van der Waals surface area contributed by atoms with Gasteiger partial charge in [-0.1, -0.05) is 24.3 Å². The van der Waals surface area contributed by atoms with E-state index in [-0.39, 0.29) is 0 Å². The van der Waals surface area contributed by atoms with E-state index in [2.05, 4.69) is 41.0 Å². The second kappa shape index (κ2) is 7.38. The Balaban J connectivity index is 1.52. The molecule has 1 heterocycles. The van der Waals surface area contributed by atoms with Crippen LogP contribution in [0.15, 0.2) is 42.5 Å².